The van der Waals surface area contributed by atoms with E-state index in [1.807, 2.05) is 6.07 Å². The minimum Gasteiger partial charge on any atom is -0.398 e. The van der Waals surface area contributed by atoms with Crippen molar-refractivity contribution in [2.24, 2.45) is 0 Å². The van der Waals surface area contributed by atoms with Gasteiger partial charge in [-0.25, -0.2) is 12.8 Å². The lowest BCUT2D eigenvalue weighted by Crippen LogP contribution is -2.09. The van der Waals surface area contributed by atoms with Gasteiger partial charge in [0, 0.05) is 5.02 Å². The lowest BCUT2D eigenvalue weighted by atomic mass is 10.2. The molecule has 0 fully saturated rings. The molecule has 0 spiro atoms. The van der Waals surface area contributed by atoms with E-state index in [0.717, 1.165) is 12.1 Å². The largest absolute Gasteiger partial charge is 0.398 e. The summed E-state index contributed by atoms with van der Waals surface area (Å²) < 4.78 is 37.8. The van der Waals surface area contributed by atoms with E-state index >= 15 is 0 Å². The van der Waals surface area contributed by atoms with Crippen molar-refractivity contribution < 1.29 is 12.8 Å². The molecule has 21 heavy (non-hydrogen) atoms. The number of nitrogen functional groups attached to an aromatic ring is 1. The zero-order valence-corrected chi connectivity index (χ0v) is 12.2. The maximum atomic E-state index is 13.2. The average Bonchev–Trinajstić information content (AvgIpc) is 2.43. The first kappa shape index (κ1) is 15.3. The molecule has 108 valence electrons. The van der Waals surface area contributed by atoms with Crippen molar-refractivity contribution in [2.45, 2.75) is 10.6 Å². The number of halogens is 2. The molecule has 0 atom stereocenters. The van der Waals surface area contributed by atoms with Gasteiger partial charge in [0.05, 0.1) is 28.0 Å². The number of sulfone groups is 1. The fourth-order valence-corrected chi connectivity index (χ4v) is 3.66. The van der Waals surface area contributed by atoms with Gasteiger partial charge in [-0.3, -0.25) is 0 Å². The van der Waals surface area contributed by atoms with E-state index in [1.54, 1.807) is 0 Å². The number of rotatable bonds is 3. The lowest BCUT2D eigenvalue weighted by Gasteiger charge is -2.09. The Balaban J connectivity index is 2.43. The van der Waals surface area contributed by atoms with Crippen LogP contribution in [-0.4, -0.2) is 8.42 Å². The molecule has 2 aromatic carbocycles. The summed E-state index contributed by atoms with van der Waals surface area (Å²) in [5.74, 6) is -1.11. The fraction of sp³-hybridized carbons (Fsp3) is 0.0714. The van der Waals surface area contributed by atoms with Crippen LogP contribution in [0.2, 0.25) is 5.02 Å². The van der Waals surface area contributed by atoms with Crippen molar-refractivity contribution in [1.82, 2.24) is 0 Å². The second-order valence-corrected chi connectivity index (χ2v) is 6.72. The molecule has 0 amide bonds. The van der Waals surface area contributed by atoms with Crippen LogP contribution < -0.4 is 5.73 Å². The van der Waals surface area contributed by atoms with Gasteiger partial charge in [-0.15, -0.1) is 0 Å². The molecule has 0 radical (unpaired) electrons. The van der Waals surface area contributed by atoms with E-state index in [2.05, 4.69) is 0 Å². The van der Waals surface area contributed by atoms with Crippen LogP contribution in [-0.2, 0) is 15.6 Å². The zero-order valence-electron chi connectivity index (χ0n) is 10.7. The average molecular weight is 325 g/mol. The summed E-state index contributed by atoms with van der Waals surface area (Å²) in [4.78, 5) is -0.275. The van der Waals surface area contributed by atoms with Crippen molar-refractivity contribution in [1.29, 1.82) is 5.26 Å². The van der Waals surface area contributed by atoms with Crippen LogP contribution in [0.4, 0.5) is 10.1 Å². The highest BCUT2D eigenvalue weighted by molar-refractivity contribution is 7.90. The number of benzene rings is 2. The molecule has 0 heterocycles. The summed E-state index contributed by atoms with van der Waals surface area (Å²) in [5, 5.41) is 8.91. The van der Waals surface area contributed by atoms with Crippen molar-refractivity contribution in [3.8, 4) is 6.07 Å². The van der Waals surface area contributed by atoms with Gasteiger partial charge in [0.1, 0.15) is 5.82 Å². The Bertz CT molecular complexity index is 845. The van der Waals surface area contributed by atoms with Crippen LogP contribution in [0.1, 0.15) is 11.1 Å². The third-order valence-corrected chi connectivity index (χ3v) is 4.90. The number of nitrogens with two attached hydrogens (primary N) is 1. The van der Waals surface area contributed by atoms with Gasteiger partial charge >= 0.3 is 0 Å². The molecule has 2 N–H and O–H groups in total. The van der Waals surface area contributed by atoms with Crippen molar-refractivity contribution in [3.63, 3.8) is 0 Å². The normalized spacial score (nSPS) is 11.1. The van der Waals surface area contributed by atoms with Crippen LogP contribution >= 0.6 is 11.6 Å². The molecule has 0 aliphatic carbocycles. The molecule has 4 nitrogen and oxygen atoms in total. The van der Waals surface area contributed by atoms with E-state index in [4.69, 9.17) is 22.6 Å². The summed E-state index contributed by atoms with van der Waals surface area (Å²) in [7, 11) is -3.84. The van der Waals surface area contributed by atoms with Crippen molar-refractivity contribution in [2.75, 3.05) is 5.73 Å². The Morgan fingerprint density at radius 3 is 2.57 bits per heavy atom. The standard InChI is InChI=1S/C14H10ClFN2O2S/c15-12-5-9(7-17)1-2-10(12)8-21(19,20)14-6-11(16)3-4-13(14)18/h1-6H,8,18H2. The number of nitriles is 1. The summed E-state index contributed by atoms with van der Waals surface area (Å²) in [6.07, 6.45) is 0. The number of hydrogen-bond acceptors (Lipinski definition) is 4. The molecule has 0 aliphatic rings. The molecule has 0 saturated heterocycles. The van der Waals surface area contributed by atoms with E-state index in [0.29, 0.717) is 11.1 Å². The molecule has 2 aromatic rings. The molecule has 0 bridgehead atoms. The second kappa shape index (κ2) is 5.72. The Hall–Kier alpha value is -2.10. The predicted molar refractivity (Wildman–Crippen MR) is 77.9 cm³/mol. The second-order valence-electron chi connectivity index (χ2n) is 4.36. The van der Waals surface area contributed by atoms with Crippen LogP contribution in [0.25, 0.3) is 0 Å². The lowest BCUT2D eigenvalue weighted by molar-refractivity contribution is 0.590. The van der Waals surface area contributed by atoms with E-state index in [-0.39, 0.29) is 15.6 Å². The minimum atomic E-state index is -3.84. The van der Waals surface area contributed by atoms with Gasteiger partial charge in [-0.05, 0) is 35.9 Å². The number of anilines is 1. The Morgan fingerprint density at radius 2 is 1.95 bits per heavy atom. The summed E-state index contributed by atoms with van der Waals surface area (Å²) in [5.41, 5.74) is 6.21. The highest BCUT2D eigenvalue weighted by Gasteiger charge is 2.20. The monoisotopic (exact) mass is 324 g/mol. The van der Waals surface area contributed by atoms with Crippen molar-refractivity contribution in [3.05, 3.63) is 58.4 Å². The highest BCUT2D eigenvalue weighted by Crippen LogP contribution is 2.26. The SMILES string of the molecule is N#Cc1ccc(CS(=O)(=O)c2cc(F)ccc2N)c(Cl)c1. The molecule has 0 unspecified atom stereocenters. The van der Waals surface area contributed by atoms with Gasteiger partial charge in [-0.1, -0.05) is 17.7 Å². The first-order valence-electron chi connectivity index (χ1n) is 5.80. The first-order valence-corrected chi connectivity index (χ1v) is 7.83. The maximum absolute atomic E-state index is 13.2. The van der Waals surface area contributed by atoms with Crippen LogP contribution in [0.3, 0.4) is 0 Å². The quantitative estimate of drug-likeness (QED) is 0.880. The third-order valence-electron chi connectivity index (χ3n) is 2.84. The van der Waals surface area contributed by atoms with Gasteiger partial charge in [0.25, 0.3) is 0 Å². The van der Waals surface area contributed by atoms with Crippen LogP contribution in [0, 0.1) is 17.1 Å². The van der Waals surface area contributed by atoms with Gasteiger partial charge in [0.2, 0.25) is 0 Å². The van der Waals surface area contributed by atoms with E-state index < -0.39 is 21.4 Å². The van der Waals surface area contributed by atoms with E-state index in [1.165, 1.54) is 24.3 Å². The van der Waals surface area contributed by atoms with Gasteiger partial charge in [0.15, 0.2) is 9.84 Å². The Kier molecular flexibility index (Phi) is 4.16. The van der Waals surface area contributed by atoms with Gasteiger partial charge < -0.3 is 5.73 Å². The maximum Gasteiger partial charge on any atom is 0.184 e. The summed E-state index contributed by atoms with van der Waals surface area (Å²) in [6, 6.07) is 9.36. The Morgan fingerprint density at radius 1 is 1.24 bits per heavy atom. The smallest absolute Gasteiger partial charge is 0.184 e. The molecular weight excluding hydrogens is 315 g/mol. The van der Waals surface area contributed by atoms with Crippen molar-refractivity contribution >= 4 is 27.1 Å². The number of nitrogens with zero attached hydrogens (tertiary/aromatic N) is 1. The van der Waals surface area contributed by atoms with Gasteiger partial charge in [-0.2, -0.15) is 5.26 Å². The van der Waals surface area contributed by atoms with Crippen LogP contribution in [0.5, 0.6) is 0 Å². The Labute approximate surface area is 126 Å². The minimum absolute atomic E-state index is 0.0267. The summed E-state index contributed by atoms with van der Waals surface area (Å²) in [6.45, 7) is 0. The molecule has 0 aliphatic heterocycles. The first-order chi connectivity index (χ1) is 9.83. The molecule has 2 rings (SSSR count). The summed E-state index contributed by atoms with van der Waals surface area (Å²) >= 11 is 5.95. The molecular formula is C14H10ClFN2O2S. The predicted octanol–water partition coefficient (Wildman–Crippen LogP) is 2.91. The topological polar surface area (TPSA) is 84.0 Å². The van der Waals surface area contributed by atoms with E-state index in [9.17, 15) is 12.8 Å². The highest BCUT2D eigenvalue weighted by atomic mass is 35.5. The number of hydrogen-bond donors (Lipinski definition) is 1. The third kappa shape index (κ3) is 3.32. The van der Waals surface area contributed by atoms with Crippen LogP contribution in [0.15, 0.2) is 41.3 Å². The molecule has 0 aromatic heterocycles. The zero-order chi connectivity index (χ0) is 15.6. The fourth-order valence-electron chi connectivity index (χ4n) is 1.79. The molecule has 7 heteroatoms. The molecule has 0 saturated carbocycles.